The van der Waals surface area contributed by atoms with Crippen LogP contribution in [-0.2, 0) is 28.6 Å². The van der Waals surface area contributed by atoms with Crippen molar-refractivity contribution in [1.29, 1.82) is 0 Å². The summed E-state index contributed by atoms with van der Waals surface area (Å²) in [4.78, 5) is 38.4. The Morgan fingerprint density at radius 1 is 0.259 bits per heavy atom. The van der Waals surface area contributed by atoms with E-state index >= 15 is 0 Å². The van der Waals surface area contributed by atoms with Crippen LogP contribution in [0.15, 0.2) is 85.1 Å². The van der Waals surface area contributed by atoms with Crippen LogP contribution in [0.1, 0.15) is 355 Å². The fourth-order valence-electron chi connectivity index (χ4n) is 10.2. The molecule has 0 fully saturated rings. The summed E-state index contributed by atoms with van der Waals surface area (Å²) in [7, 11) is 0. The average Bonchev–Trinajstić information content (AvgIpc) is 3.47. The molecule has 0 bridgehead atoms. The van der Waals surface area contributed by atoms with E-state index in [1.807, 2.05) is 0 Å². The summed E-state index contributed by atoms with van der Waals surface area (Å²) in [5.74, 6) is -0.860. The normalized spacial score (nSPS) is 12.6. The molecule has 0 aliphatic rings. The fourth-order valence-corrected chi connectivity index (χ4v) is 10.2. The molecule has 6 nitrogen and oxygen atoms in total. The molecule has 0 aromatic carbocycles. The lowest BCUT2D eigenvalue weighted by molar-refractivity contribution is -0.167. The molecule has 0 saturated heterocycles. The third-order valence-corrected chi connectivity index (χ3v) is 15.4. The highest BCUT2D eigenvalue weighted by atomic mass is 16.6. The van der Waals surface area contributed by atoms with Gasteiger partial charge in [0.05, 0.1) is 0 Å². The van der Waals surface area contributed by atoms with Crippen LogP contribution < -0.4 is 0 Å². The van der Waals surface area contributed by atoms with E-state index in [1.165, 1.54) is 218 Å². The molecular formula is C75H132O6. The van der Waals surface area contributed by atoms with Gasteiger partial charge in [-0.15, -0.1) is 0 Å². The molecule has 6 heteroatoms. The lowest BCUT2D eigenvalue weighted by Gasteiger charge is -2.18. The highest BCUT2D eigenvalue weighted by Gasteiger charge is 2.19. The largest absolute Gasteiger partial charge is 0.462 e. The summed E-state index contributed by atoms with van der Waals surface area (Å²) in [6.07, 6.45) is 91.8. The minimum atomic E-state index is -0.777. The van der Waals surface area contributed by atoms with Gasteiger partial charge in [0.2, 0.25) is 0 Å². The molecule has 0 aromatic heterocycles. The zero-order chi connectivity index (χ0) is 58.5. The van der Waals surface area contributed by atoms with Gasteiger partial charge in [0.25, 0.3) is 0 Å². The van der Waals surface area contributed by atoms with E-state index in [9.17, 15) is 14.4 Å². The van der Waals surface area contributed by atoms with E-state index in [2.05, 4.69) is 106 Å². The van der Waals surface area contributed by atoms with Crippen molar-refractivity contribution in [3.05, 3.63) is 85.1 Å². The molecule has 468 valence electrons. The Morgan fingerprint density at radius 2 is 0.481 bits per heavy atom. The van der Waals surface area contributed by atoms with Crippen molar-refractivity contribution in [3.8, 4) is 0 Å². The molecule has 0 spiro atoms. The van der Waals surface area contributed by atoms with Crippen molar-refractivity contribution >= 4 is 17.9 Å². The Bertz CT molecular complexity index is 1530. The number of hydrogen-bond donors (Lipinski definition) is 0. The zero-order valence-electron chi connectivity index (χ0n) is 53.8. The minimum Gasteiger partial charge on any atom is -0.462 e. The van der Waals surface area contributed by atoms with Gasteiger partial charge in [-0.2, -0.15) is 0 Å². The number of carbonyl (C=O) groups is 3. The molecular weight excluding hydrogens is 997 g/mol. The van der Waals surface area contributed by atoms with Crippen LogP contribution in [0.25, 0.3) is 0 Å². The number of carbonyl (C=O) groups excluding carboxylic acids is 3. The smallest absolute Gasteiger partial charge is 0.306 e. The molecule has 0 saturated carbocycles. The number of hydrogen-bond acceptors (Lipinski definition) is 6. The molecule has 1 atom stereocenters. The van der Waals surface area contributed by atoms with E-state index in [0.717, 1.165) is 96.3 Å². The maximum atomic E-state index is 12.9. The maximum Gasteiger partial charge on any atom is 0.306 e. The Kier molecular flexibility index (Phi) is 66.2. The second-order valence-corrected chi connectivity index (χ2v) is 23.4. The highest BCUT2D eigenvalue weighted by molar-refractivity contribution is 5.71. The van der Waals surface area contributed by atoms with Gasteiger partial charge in [-0.1, -0.05) is 324 Å². The molecule has 0 radical (unpaired) electrons. The van der Waals surface area contributed by atoms with Crippen LogP contribution in [0.4, 0.5) is 0 Å². The molecule has 0 aliphatic heterocycles. The van der Waals surface area contributed by atoms with E-state index in [-0.39, 0.29) is 31.1 Å². The molecule has 81 heavy (non-hydrogen) atoms. The Labute approximate surface area is 503 Å². The van der Waals surface area contributed by atoms with E-state index < -0.39 is 6.10 Å². The van der Waals surface area contributed by atoms with Crippen LogP contribution in [0.2, 0.25) is 0 Å². The first-order chi connectivity index (χ1) is 40.0. The SMILES string of the molecule is CC/C=C\C/C=C\C/C=C\C/C=C\CCCCCCCCCCCCCCC(=O)OC(COC(=O)CCCCCCCCCCCCC)COC(=O)CCCCCCCCCCCCCC/C=C\C/C=C\C/C=C\CCCCCCC. The fraction of sp³-hybridized carbons (Fsp3) is 0.773. The molecule has 0 amide bonds. The quantitative estimate of drug-likeness (QED) is 0.0261. The Morgan fingerprint density at radius 3 is 0.753 bits per heavy atom. The van der Waals surface area contributed by atoms with Crippen molar-refractivity contribution in [3.63, 3.8) is 0 Å². The predicted octanol–water partition coefficient (Wildman–Crippen LogP) is 24.2. The van der Waals surface area contributed by atoms with Crippen molar-refractivity contribution in [2.45, 2.75) is 361 Å². The first-order valence-electron chi connectivity index (χ1n) is 35.1. The van der Waals surface area contributed by atoms with E-state index in [1.54, 1.807) is 0 Å². The van der Waals surface area contributed by atoms with E-state index in [0.29, 0.717) is 19.3 Å². The monoisotopic (exact) mass is 1130 g/mol. The summed E-state index contributed by atoms with van der Waals surface area (Å²) in [6.45, 7) is 6.55. The van der Waals surface area contributed by atoms with Crippen molar-refractivity contribution in [2.75, 3.05) is 13.2 Å². The zero-order valence-corrected chi connectivity index (χ0v) is 53.8. The summed E-state index contributed by atoms with van der Waals surface area (Å²) in [6, 6.07) is 0. The van der Waals surface area contributed by atoms with Gasteiger partial charge in [-0.05, 0) is 96.3 Å². The van der Waals surface area contributed by atoms with Crippen molar-refractivity contribution < 1.29 is 28.6 Å². The number of allylic oxidation sites excluding steroid dienone is 14. The van der Waals surface area contributed by atoms with Crippen LogP contribution >= 0.6 is 0 Å². The summed E-state index contributed by atoms with van der Waals surface area (Å²) in [5, 5.41) is 0. The molecule has 0 heterocycles. The van der Waals surface area contributed by atoms with Gasteiger partial charge in [-0.25, -0.2) is 0 Å². The predicted molar refractivity (Wildman–Crippen MR) is 353 cm³/mol. The van der Waals surface area contributed by atoms with Gasteiger partial charge in [0.15, 0.2) is 6.10 Å². The van der Waals surface area contributed by atoms with Crippen LogP contribution in [0.3, 0.4) is 0 Å². The number of esters is 3. The van der Waals surface area contributed by atoms with Gasteiger partial charge in [0.1, 0.15) is 13.2 Å². The van der Waals surface area contributed by atoms with Crippen molar-refractivity contribution in [2.24, 2.45) is 0 Å². The van der Waals surface area contributed by atoms with Gasteiger partial charge in [-0.3, -0.25) is 14.4 Å². The maximum absolute atomic E-state index is 12.9. The number of rotatable bonds is 64. The summed E-state index contributed by atoms with van der Waals surface area (Å²) >= 11 is 0. The highest BCUT2D eigenvalue weighted by Crippen LogP contribution is 2.17. The Balaban J connectivity index is 4.22. The third kappa shape index (κ3) is 67.3. The molecule has 1 unspecified atom stereocenters. The minimum absolute atomic E-state index is 0.0736. The first-order valence-corrected chi connectivity index (χ1v) is 35.1. The summed E-state index contributed by atoms with van der Waals surface area (Å²) < 4.78 is 17.0. The van der Waals surface area contributed by atoms with Crippen LogP contribution in [0.5, 0.6) is 0 Å². The third-order valence-electron chi connectivity index (χ3n) is 15.4. The lowest BCUT2D eigenvalue weighted by Crippen LogP contribution is -2.30. The van der Waals surface area contributed by atoms with Crippen LogP contribution in [0, 0.1) is 0 Å². The standard InChI is InChI=1S/C75H132O6/c1-4-7-10-13-16-19-22-24-26-28-30-32-34-36-37-39-40-42-44-46-48-50-53-56-59-62-65-68-74(77)80-71-72(70-79-73(76)67-64-61-58-55-52-21-18-15-12-9-6-3)81-75(78)69-66-63-60-57-54-51-49-47-45-43-41-38-35-33-31-29-27-25-23-20-17-14-11-8-5-2/h8,11,17,20,22,24-25,27-28,30-31,33-34,36,72H,4-7,9-10,12-16,18-19,21,23,26,29,32,35,37-71H2,1-3H3/b11-8-,20-17-,24-22-,27-25-,30-28-,33-31-,36-34-. The molecule has 0 N–H and O–H groups in total. The number of unbranched alkanes of at least 4 members (excludes halogenated alkanes) is 39. The van der Waals surface area contributed by atoms with Crippen LogP contribution in [-0.4, -0.2) is 37.2 Å². The van der Waals surface area contributed by atoms with Gasteiger partial charge >= 0.3 is 17.9 Å². The van der Waals surface area contributed by atoms with Crippen molar-refractivity contribution in [1.82, 2.24) is 0 Å². The summed E-state index contributed by atoms with van der Waals surface area (Å²) in [5.41, 5.74) is 0. The molecule has 0 aromatic rings. The Hall–Kier alpha value is -3.41. The van der Waals surface area contributed by atoms with Gasteiger partial charge in [0, 0.05) is 19.3 Å². The van der Waals surface area contributed by atoms with E-state index in [4.69, 9.17) is 14.2 Å². The molecule has 0 aliphatic carbocycles. The number of ether oxygens (including phenoxy) is 3. The molecule has 0 rings (SSSR count). The second-order valence-electron chi connectivity index (χ2n) is 23.4. The topological polar surface area (TPSA) is 78.9 Å². The van der Waals surface area contributed by atoms with Gasteiger partial charge < -0.3 is 14.2 Å². The lowest BCUT2D eigenvalue weighted by atomic mass is 10.0. The first kappa shape index (κ1) is 77.6. The second kappa shape index (κ2) is 69.1. The average molecular weight is 1130 g/mol.